The predicted octanol–water partition coefficient (Wildman–Crippen LogP) is 2.86. The van der Waals surface area contributed by atoms with Gasteiger partial charge in [-0.2, -0.15) is 0 Å². The van der Waals surface area contributed by atoms with Crippen molar-refractivity contribution in [3.63, 3.8) is 0 Å². The van der Waals surface area contributed by atoms with Gasteiger partial charge >= 0.3 is 0 Å². The Kier molecular flexibility index (Phi) is 6.97. The molecule has 2 aromatic carbocycles. The molecule has 0 unspecified atom stereocenters. The van der Waals surface area contributed by atoms with Crippen LogP contribution >= 0.6 is 15.9 Å². The molecule has 0 aliphatic carbocycles. The Balaban J connectivity index is 1.95. The Morgan fingerprint density at radius 3 is 2.44 bits per heavy atom. The number of halogens is 1. The molecule has 2 N–H and O–H groups in total. The number of carbonyl (C=O) groups excluding carboxylic acids is 2. The van der Waals surface area contributed by atoms with Gasteiger partial charge in [0.15, 0.2) is 0 Å². The minimum absolute atomic E-state index is 0.370. The highest BCUT2D eigenvalue weighted by Crippen LogP contribution is 2.26. The molecule has 0 spiro atoms. The topological polar surface area (TPSA) is 76.7 Å². The van der Waals surface area contributed by atoms with E-state index in [2.05, 4.69) is 26.8 Å². The fourth-order valence-corrected chi connectivity index (χ4v) is 2.57. The Morgan fingerprint density at radius 1 is 1.04 bits per heavy atom. The molecule has 0 atom stereocenters. The van der Waals surface area contributed by atoms with Crippen LogP contribution in [0, 0.1) is 6.92 Å². The van der Waals surface area contributed by atoms with Crippen molar-refractivity contribution < 1.29 is 19.1 Å². The van der Waals surface area contributed by atoms with E-state index in [0.717, 1.165) is 5.56 Å². The second-order valence-electron chi connectivity index (χ2n) is 5.21. The molecular weight excluding hydrogens is 388 g/mol. The average Bonchev–Trinajstić information content (AvgIpc) is 2.61. The van der Waals surface area contributed by atoms with Crippen LogP contribution < -0.4 is 15.6 Å². The predicted molar refractivity (Wildman–Crippen MR) is 97.6 cm³/mol. The Labute approximate surface area is 154 Å². The molecule has 7 heteroatoms. The summed E-state index contributed by atoms with van der Waals surface area (Å²) in [4.78, 5) is 24.3. The number of hydrogen-bond donors (Lipinski definition) is 2. The molecule has 0 heterocycles. The number of nitrogens with one attached hydrogen (secondary N) is 2. The first-order valence-electron chi connectivity index (χ1n) is 7.60. The van der Waals surface area contributed by atoms with Crippen LogP contribution in [0.1, 0.15) is 26.3 Å². The van der Waals surface area contributed by atoms with Crippen LogP contribution in [0.2, 0.25) is 0 Å². The van der Waals surface area contributed by atoms with E-state index >= 15 is 0 Å². The summed E-state index contributed by atoms with van der Waals surface area (Å²) in [5.41, 5.74) is 6.53. The molecule has 0 aliphatic heterocycles. The van der Waals surface area contributed by atoms with E-state index in [4.69, 9.17) is 9.47 Å². The van der Waals surface area contributed by atoms with Crippen molar-refractivity contribution in [1.29, 1.82) is 0 Å². The van der Waals surface area contributed by atoms with Crippen LogP contribution in [-0.2, 0) is 4.74 Å². The zero-order chi connectivity index (χ0) is 18.2. The Hall–Kier alpha value is -2.38. The third-order valence-corrected chi connectivity index (χ3v) is 4.04. The first-order valence-corrected chi connectivity index (χ1v) is 8.40. The number of hydrogen-bond acceptors (Lipinski definition) is 4. The van der Waals surface area contributed by atoms with Crippen LogP contribution in [0.4, 0.5) is 0 Å². The summed E-state index contributed by atoms with van der Waals surface area (Å²) in [6.45, 7) is 2.71. The maximum Gasteiger partial charge on any atom is 0.269 e. The number of carbonyl (C=O) groups is 2. The zero-order valence-corrected chi connectivity index (χ0v) is 15.6. The summed E-state index contributed by atoms with van der Waals surface area (Å²) in [5.74, 6) is -0.186. The van der Waals surface area contributed by atoms with Crippen molar-refractivity contribution in [3.8, 4) is 5.75 Å². The quantitative estimate of drug-likeness (QED) is 0.571. The summed E-state index contributed by atoms with van der Waals surface area (Å²) >= 11 is 3.36. The Morgan fingerprint density at radius 2 is 1.76 bits per heavy atom. The van der Waals surface area contributed by atoms with Gasteiger partial charge < -0.3 is 9.47 Å². The van der Waals surface area contributed by atoms with E-state index in [-0.39, 0.29) is 5.91 Å². The van der Waals surface area contributed by atoms with E-state index in [9.17, 15) is 9.59 Å². The molecule has 2 amide bonds. The molecule has 0 saturated carbocycles. The third-order valence-electron chi connectivity index (χ3n) is 3.42. The van der Waals surface area contributed by atoms with Crippen LogP contribution in [0.25, 0.3) is 0 Å². The van der Waals surface area contributed by atoms with Gasteiger partial charge in [0.2, 0.25) is 0 Å². The first-order chi connectivity index (χ1) is 12.0. The van der Waals surface area contributed by atoms with E-state index < -0.39 is 5.91 Å². The lowest BCUT2D eigenvalue weighted by molar-refractivity contribution is 0.0846. The standard InChI is InChI=1S/C18H19BrN2O4/c1-12-5-3-4-6-14(12)18(23)21-20-17(22)13-7-8-16(15(19)11-13)25-10-9-24-2/h3-8,11H,9-10H2,1-2H3,(H,20,22)(H,21,23). The van der Waals surface area contributed by atoms with E-state index in [1.165, 1.54) is 0 Å². The summed E-state index contributed by atoms with van der Waals surface area (Å²) in [5, 5.41) is 0. The molecule has 0 fully saturated rings. The fraction of sp³-hybridized carbons (Fsp3) is 0.222. The van der Waals surface area contributed by atoms with Gasteiger partial charge in [-0.05, 0) is 52.7 Å². The largest absolute Gasteiger partial charge is 0.490 e. The molecule has 0 saturated heterocycles. The van der Waals surface area contributed by atoms with Crippen molar-refractivity contribution >= 4 is 27.7 Å². The molecular formula is C18H19BrN2O4. The van der Waals surface area contributed by atoms with Gasteiger partial charge in [-0.3, -0.25) is 20.4 Å². The molecule has 0 radical (unpaired) electrons. The minimum atomic E-state index is -0.425. The van der Waals surface area contributed by atoms with Gasteiger partial charge in [-0.25, -0.2) is 0 Å². The van der Waals surface area contributed by atoms with E-state index in [0.29, 0.717) is 34.6 Å². The highest BCUT2D eigenvalue weighted by atomic mass is 79.9. The maximum absolute atomic E-state index is 12.2. The monoisotopic (exact) mass is 406 g/mol. The fourth-order valence-electron chi connectivity index (χ4n) is 2.07. The van der Waals surface area contributed by atoms with Gasteiger partial charge in [0, 0.05) is 18.2 Å². The zero-order valence-electron chi connectivity index (χ0n) is 14.0. The number of rotatable bonds is 6. The maximum atomic E-state index is 12.2. The molecule has 132 valence electrons. The number of hydrazine groups is 1. The van der Waals surface area contributed by atoms with Gasteiger partial charge in [0.25, 0.3) is 11.8 Å². The second-order valence-corrected chi connectivity index (χ2v) is 6.06. The van der Waals surface area contributed by atoms with Crippen molar-refractivity contribution in [1.82, 2.24) is 10.9 Å². The first kappa shape index (κ1) is 19.0. The SMILES string of the molecule is COCCOc1ccc(C(=O)NNC(=O)c2ccccc2C)cc1Br. The van der Waals surface area contributed by atoms with Crippen LogP contribution in [0.3, 0.4) is 0 Å². The summed E-state index contributed by atoms with van der Waals surface area (Å²) in [6.07, 6.45) is 0. The number of amides is 2. The summed E-state index contributed by atoms with van der Waals surface area (Å²) in [7, 11) is 1.59. The van der Waals surface area contributed by atoms with Crippen molar-refractivity contribution in [3.05, 3.63) is 63.6 Å². The third kappa shape index (κ3) is 5.30. The van der Waals surface area contributed by atoms with Crippen molar-refractivity contribution in [2.24, 2.45) is 0 Å². The van der Waals surface area contributed by atoms with E-state index in [1.54, 1.807) is 37.4 Å². The van der Waals surface area contributed by atoms with Crippen molar-refractivity contribution in [2.75, 3.05) is 20.3 Å². The smallest absolute Gasteiger partial charge is 0.269 e. The lowest BCUT2D eigenvalue weighted by Gasteiger charge is -2.11. The summed E-state index contributed by atoms with van der Waals surface area (Å²) in [6, 6.07) is 12.1. The van der Waals surface area contributed by atoms with Gasteiger partial charge in [0.05, 0.1) is 11.1 Å². The molecule has 0 bridgehead atoms. The molecule has 2 rings (SSSR count). The number of benzene rings is 2. The average molecular weight is 407 g/mol. The van der Waals surface area contributed by atoms with Crippen LogP contribution in [-0.4, -0.2) is 32.1 Å². The van der Waals surface area contributed by atoms with Gasteiger partial charge in [0.1, 0.15) is 12.4 Å². The van der Waals surface area contributed by atoms with Crippen LogP contribution in [0.15, 0.2) is 46.9 Å². The lowest BCUT2D eigenvalue weighted by Crippen LogP contribution is -2.41. The molecule has 2 aromatic rings. The molecule has 25 heavy (non-hydrogen) atoms. The number of aryl methyl sites for hydroxylation is 1. The lowest BCUT2D eigenvalue weighted by atomic mass is 10.1. The van der Waals surface area contributed by atoms with Crippen LogP contribution in [0.5, 0.6) is 5.75 Å². The highest BCUT2D eigenvalue weighted by molar-refractivity contribution is 9.10. The molecule has 0 aromatic heterocycles. The number of methoxy groups -OCH3 is 1. The summed E-state index contributed by atoms with van der Waals surface area (Å²) < 4.78 is 11.1. The van der Waals surface area contributed by atoms with E-state index in [1.807, 2.05) is 19.1 Å². The van der Waals surface area contributed by atoms with Gasteiger partial charge in [-0.15, -0.1) is 0 Å². The molecule has 0 aliphatic rings. The number of ether oxygens (including phenoxy) is 2. The molecule has 6 nitrogen and oxygen atoms in total. The normalized spacial score (nSPS) is 10.2. The minimum Gasteiger partial charge on any atom is -0.490 e. The highest BCUT2D eigenvalue weighted by Gasteiger charge is 2.12. The Bertz CT molecular complexity index is 764. The van der Waals surface area contributed by atoms with Crippen molar-refractivity contribution in [2.45, 2.75) is 6.92 Å². The second kappa shape index (κ2) is 9.19. The van der Waals surface area contributed by atoms with Gasteiger partial charge in [-0.1, -0.05) is 18.2 Å².